The average Bonchev–Trinajstić information content (AvgIpc) is 2.96. The highest BCUT2D eigenvalue weighted by Crippen LogP contribution is 2.42. The molecule has 3 nitrogen and oxygen atoms in total. The van der Waals surface area contributed by atoms with Gasteiger partial charge in [-0.1, -0.05) is 48.5 Å². The molecule has 1 N–H and O–H groups in total. The Balaban J connectivity index is 0.000000272. The van der Waals surface area contributed by atoms with Gasteiger partial charge in [-0.15, -0.1) is 0 Å². The molecule has 3 heteroatoms. The number of carbonyl (C=O) groups is 1. The number of hydrogen-bond acceptors (Lipinski definition) is 2. The lowest BCUT2D eigenvalue weighted by Gasteiger charge is -2.17. The summed E-state index contributed by atoms with van der Waals surface area (Å²) < 4.78 is 2.52. The average molecular weight is 397 g/mol. The largest absolute Gasteiger partial charge is 0.512 e. The van der Waals surface area contributed by atoms with Gasteiger partial charge in [0.1, 0.15) is 0 Å². The van der Waals surface area contributed by atoms with Crippen LogP contribution in [-0.2, 0) is 10.3 Å². The maximum atomic E-state index is 10.0. The van der Waals surface area contributed by atoms with Crippen LogP contribution in [0.3, 0.4) is 0 Å². The molecule has 0 atom stereocenters. The number of carbonyl (C=O) groups excluding carboxylic acids is 1. The highest BCUT2D eigenvalue weighted by atomic mass is 16.3. The number of aliphatic hydroxyl groups excluding tert-OH is 1. The number of para-hydroxylation sites is 1. The van der Waals surface area contributed by atoms with E-state index in [9.17, 15) is 4.79 Å². The quantitative estimate of drug-likeness (QED) is 0.183. The first-order chi connectivity index (χ1) is 14.3. The van der Waals surface area contributed by atoms with E-state index in [4.69, 9.17) is 5.11 Å². The molecule has 0 saturated heterocycles. The molecule has 4 aromatic rings. The van der Waals surface area contributed by atoms with Gasteiger partial charge in [-0.25, -0.2) is 0 Å². The third-order valence-electron chi connectivity index (χ3n) is 5.65. The Bertz CT molecular complexity index is 1310. The number of allylic oxidation sites excluding steroid dienone is 2. The summed E-state index contributed by atoms with van der Waals surface area (Å²) in [4.78, 5) is 10.0. The first kappa shape index (κ1) is 19.8. The van der Waals surface area contributed by atoms with Gasteiger partial charge in [-0.05, 0) is 32.0 Å². The zero-order chi connectivity index (χ0) is 21.5. The zero-order valence-electron chi connectivity index (χ0n) is 17.8. The first-order valence-corrected chi connectivity index (χ1v) is 10.2. The van der Waals surface area contributed by atoms with Crippen molar-refractivity contribution in [1.82, 2.24) is 0 Å². The van der Waals surface area contributed by atoms with Crippen LogP contribution < -0.4 is 4.57 Å². The zero-order valence-corrected chi connectivity index (χ0v) is 17.8. The molecule has 1 aliphatic heterocycles. The number of fused-ring (bicyclic) bond motifs is 8. The Hall–Kier alpha value is -3.46. The van der Waals surface area contributed by atoms with E-state index >= 15 is 0 Å². The van der Waals surface area contributed by atoms with Crippen molar-refractivity contribution in [3.05, 3.63) is 90.2 Å². The first-order valence-electron chi connectivity index (χ1n) is 10.2. The molecular formula is C27H26NO2+. The smallest absolute Gasteiger partial charge is 0.222 e. The molecule has 0 radical (unpaired) electrons. The number of ketones is 1. The molecule has 2 heterocycles. The fourth-order valence-electron chi connectivity index (χ4n) is 4.55. The van der Waals surface area contributed by atoms with Crippen molar-refractivity contribution < 1.29 is 14.5 Å². The lowest BCUT2D eigenvalue weighted by atomic mass is 9.93. The summed E-state index contributed by atoms with van der Waals surface area (Å²) in [6.07, 6.45) is 1.17. The SMILES string of the molecule is CC(=O)/C=C(/C)O.CC1(C)c2ccccc2-c2c3ccccc3c3ccccc3[n+]21. The molecule has 5 rings (SSSR count). The van der Waals surface area contributed by atoms with Crippen LogP contribution in [0.5, 0.6) is 0 Å². The van der Waals surface area contributed by atoms with E-state index in [1.165, 1.54) is 58.4 Å². The molecule has 0 bridgehead atoms. The maximum Gasteiger partial charge on any atom is 0.222 e. The number of aliphatic hydroxyl groups is 1. The van der Waals surface area contributed by atoms with E-state index in [1.807, 2.05) is 0 Å². The van der Waals surface area contributed by atoms with E-state index in [-0.39, 0.29) is 17.1 Å². The summed E-state index contributed by atoms with van der Waals surface area (Å²) in [5, 5.41) is 12.4. The topological polar surface area (TPSA) is 41.2 Å². The minimum absolute atomic E-state index is 0.0461. The highest BCUT2D eigenvalue weighted by molar-refractivity contribution is 6.09. The highest BCUT2D eigenvalue weighted by Gasteiger charge is 2.45. The molecule has 30 heavy (non-hydrogen) atoms. The van der Waals surface area contributed by atoms with E-state index in [2.05, 4.69) is 91.2 Å². The minimum Gasteiger partial charge on any atom is -0.512 e. The van der Waals surface area contributed by atoms with Crippen LogP contribution in [0.25, 0.3) is 32.9 Å². The molecular weight excluding hydrogens is 370 g/mol. The van der Waals surface area contributed by atoms with Crippen LogP contribution in [-0.4, -0.2) is 10.9 Å². The van der Waals surface area contributed by atoms with Crippen molar-refractivity contribution in [1.29, 1.82) is 0 Å². The van der Waals surface area contributed by atoms with E-state index in [0.717, 1.165) is 0 Å². The second-order valence-corrected chi connectivity index (χ2v) is 8.25. The summed E-state index contributed by atoms with van der Waals surface area (Å²) in [6, 6.07) is 26.4. The van der Waals surface area contributed by atoms with Crippen molar-refractivity contribution in [2.45, 2.75) is 33.2 Å². The van der Waals surface area contributed by atoms with Crippen LogP contribution in [0.1, 0.15) is 33.3 Å². The number of aromatic nitrogens is 1. The molecule has 3 aromatic carbocycles. The maximum absolute atomic E-state index is 10.0. The van der Waals surface area contributed by atoms with Crippen molar-refractivity contribution in [2.24, 2.45) is 0 Å². The Kier molecular flexibility index (Phi) is 4.90. The van der Waals surface area contributed by atoms with Gasteiger partial charge >= 0.3 is 0 Å². The van der Waals surface area contributed by atoms with Crippen molar-refractivity contribution in [3.63, 3.8) is 0 Å². The number of hydrogen-bond donors (Lipinski definition) is 1. The summed E-state index contributed by atoms with van der Waals surface area (Å²) in [5.41, 5.74) is 5.37. The third kappa shape index (κ3) is 3.17. The van der Waals surface area contributed by atoms with Gasteiger partial charge < -0.3 is 5.11 Å². The predicted octanol–water partition coefficient (Wildman–Crippen LogP) is 6.08. The summed E-state index contributed by atoms with van der Waals surface area (Å²) in [7, 11) is 0. The fraction of sp³-hybridized carbons (Fsp3) is 0.185. The van der Waals surface area contributed by atoms with Crippen LogP contribution in [0.15, 0.2) is 84.6 Å². The van der Waals surface area contributed by atoms with Crippen LogP contribution in [0, 0.1) is 0 Å². The molecule has 0 aliphatic carbocycles. The van der Waals surface area contributed by atoms with Crippen molar-refractivity contribution in [3.8, 4) is 11.3 Å². The van der Waals surface area contributed by atoms with Crippen LogP contribution in [0.4, 0.5) is 0 Å². The van der Waals surface area contributed by atoms with E-state index in [1.54, 1.807) is 0 Å². The monoisotopic (exact) mass is 396 g/mol. The van der Waals surface area contributed by atoms with E-state index in [0.29, 0.717) is 0 Å². The molecule has 1 aliphatic rings. The Morgan fingerprint density at radius 3 is 2.03 bits per heavy atom. The number of benzene rings is 3. The summed E-state index contributed by atoms with van der Waals surface area (Å²) in [5.74, 6) is -0.0625. The predicted molar refractivity (Wildman–Crippen MR) is 123 cm³/mol. The van der Waals surface area contributed by atoms with Gasteiger partial charge in [0.15, 0.2) is 11.3 Å². The van der Waals surface area contributed by atoms with E-state index < -0.39 is 0 Å². The minimum atomic E-state index is -0.125. The number of nitrogens with zero attached hydrogens (tertiary/aromatic N) is 1. The third-order valence-corrected chi connectivity index (χ3v) is 5.65. The summed E-state index contributed by atoms with van der Waals surface area (Å²) >= 11 is 0. The lowest BCUT2D eigenvalue weighted by Crippen LogP contribution is -2.51. The Labute approximate surface area is 176 Å². The second-order valence-electron chi connectivity index (χ2n) is 8.25. The molecule has 150 valence electrons. The normalized spacial score (nSPS) is 14.1. The van der Waals surface area contributed by atoms with Gasteiger partial charge in [0, 0.05) is 36.9 Å². The van der Waals surface area contributed by atoms with Crippen LogP contribution >= 0.6 is 0 Å². The Morgan fingerprint density at radius 1 is 0.833 bits per heavy atom. The molecule has 0 unspecified atom stereocenters. The molecule has 0 fully saturated rings. The second kappa shape index (κ2) is 7.42. The van der Waals surface area contributed by atoms with Gasteiger partial charge in [-0.3, -0.25) is 4.79 Å². The lowest BCUT2D eigenvalue weighted by molar-refractivity contribution is -0.706. The van der Waals surface area contributed by atoms with Gasteiger partial charge in [0.05, 0.1) is 22.1 Å². The van der Waals surface area contributed by atoms with Crippen molar-refractivity contribution >= 4 is 27.5 Å². The van der Waals surface area contributed by atoms with Gasteiger partial charge in [0.25, 0.3) is 0 Å². The van der Waals surface area contributed by atoms with Gasteiger partial charge in [0.2, 0.25) is 11.2 Å². The molecule has 1 aromatic heterocycles. The summed E-state index contributed by atoms with van der Waals surface area (Å²) in [6.45, 7) is 7.49. The molecule has 0 spiro atoms. The van der Waals surface area contributed by atoms with Gasteiger partial charge in [-0.2, -0.15) is 4.57 Å². The number of pyridine rings is 1. The fourth-order valence-corrected chi connectivity index (χ4v) is 4.55. The van der Waals surface area contributed by atoms with Crippen molar-refractivity contribution in [2.75, 3.05) is 0 Å². The molecule has 0 amide bonds. The molecule has 0 saturated carbocycles. The van der Waals surface area contributed by atoms with Crippen LogP contribution in [0.2, 0.25) is 0 Å². The standard InChI is InChI=1S/C22H18N.C5H8O2/c1-22(2)19-13-7-5-12-18(19)21-17-11-4-3-9-15(17)16-10-6-8-14-20(16)23(21)22;1-4(6)3-5(2)7/h3-14H,1-2H3;3,6H,1-2H3/q+1;/b;4-3-. The number of rotatable bonds is 1. The Morgan fingerprint density at radius 2 is 1.40 bits per heavy atom.